The average molecular weight is 451 g/mol. The lowest BCUT2D eigenvalue weighted by atomic mass is 10.1. The van der Waals surface area contributed by atoms with Crippen molar-refractivity contribution in [1.82, 2.24) is 4.90 Å². The van der Waals surface area contributed by atoms with Gasteiger partial charge in [-0.1, -0.05) is 30.3 Å². The van der Waals surface area contributed by atoms with Crippen LogP contribution in [0.1, 0.15) is 23.6 Å². The van der Waals surface area contributed by atoms with Gasteiger partial charge in [-0.05, 0) is 79.2 Å². The van der Waals surface area contributed by atoms with Gasteiger partial charge in [0.2, 0.25) is 0 Å². The van der Waals surface area contributed by atoms with Gasteiger partial charge in [0, 0.05) is 13.1 Å². The van der Waals surface area contributed by atoms with Gasteiger partial charge in [0.15, 0.2) is 5.11 Å². The van der Waals surface area contributed by atoms with Gasteiger partial charge >= 0.3 is 0 Å². The molecule has 0 aliphatic rings. The molecule has 0 heterocycles. The van der Waals surface area contributed by atoms with Crippen LogP contribution in [0.2, 0.25) is 0 Å². The molecule has 0 fully saturated rings. The summed E-state index contributed by atoms with van der Waals surface area (Å²) in [5, 5.41) is 3.99. The molecule has 0 saturated heterocycles. The number of nitrogens with one attached hydrogen (secondary N) is 1. The van der Waals surface area contributed by atoms with E-state index < -0.39 is 0 Å². The fourth-order valence-electron chi connectivity index (χ4n) is 3.32. The fraction of sp³-hybridized carbons (Fsp3) is 0.269. The van der Waals surface area contributed by atoms with Crippen LogP contribution >= 0.6 is 12.2 Å². The van der Waals surface area contributed by atoms with Crippen molar-refractivity contribution in [2.75, 3.05) is 26.1 Å². The van der Waals surface area contributed by atoms with Gasteiger partial charge < -0.3 is 24.4 Å². The Balaban J connectivity index is 1.82. The van der Waals surface area contributed by atoms with Crippen LogP contribution in [-0.4, -0.2) is 30.8 Å². The minimum Gasteiger partial charge on any atom is -0.497 e. The zero-order valence-corrected chi connectivity index (χ0v) is 19.9. The molecule has 0 aliphatic carbocycles. The summed E-state index contributed by atoms with van der Waals surface area (Å²) >= 11 is 5.82. The average Bonchev–Trinajstić information content (AvgIpc) is 2.81. The highest BCUT2D eigenvalue weighted by Gasteiger charge is 2.14. The van der Waals surface area contributed by atoms with Crippen LogP contribution in [-0.2, 0) is 13.1 Å². The lowest BCUT2D eigenvalue weighted by Gasteiger charge is -2.27. The molecule has 0 spiro atoms. The summed E-state index contributed by atoms with van der Waals surface area (Å²) in [6, 6.07) is 22.2. The highest BCUT2D eigenvalue weighted by molar-refractivity contribution is 7.80. The molecule has 32 heavy (non-hydrogen) atoms. The molecule has 0 radical (unpaired) electrons. The molecule has 0 atom stereocenters. The summed E-state index contributed by atoms with van der Waals surface area (Å²) in [5.74, 6) is 2.46. The monoisotopic (exact) mass is 450 g/mol. The van der Waals surface area contributed by atoms with Crippen molar-refractivity contribution in [3.05, 3.63) is 83.4 Å². The topological polar surface area (TPSA) is 43.0 Å². The summed E-state index contributed by atoms with van der Waals surface area (Å²) in [4.78, 5) is 2.13. The molecule has 168 valence electrons. The molecule has 0 bridgehead atoms. The Morgan fingerprint density at radius 1 is 0.844 bits per heavy atom. The number of methoxy groups -OCH3 is 2. The highest BCUT2D eigenvalue weighted by Crippen LogP contribution is 2.26. The number of nitrogens with zero attached hydrogens (tertiary/aromatic N) is 1. The summed E-state index contributed by atoms with van der Waals surface area (Å²) in [7, 11) is 3.33. The molecule has 5 nitrogen and oxygen atoms in total. The fourth-order valence-corrected chi connectivity index (χ4v) is 3.56. The smallest absolute Gasteiger partial charge is 0.174 e. The van der Waals surface area contributed by atoms with E-state index in [1.807, 2.05) is 56.3 Å². The predicted molar refractivity (Wildman–Crippen MR) is 134 cm³/mol. The first-order chi connectivity index (χ1) is 15.5. The van der Waals surface area contributed by atoms with Gasteiger partial charge in [0.1, 0.15) is 17.2 Å². The van der Waals surface area contributed by atoms with Crippen LogP contribution < -0.4 is 19.5 Å². The second kappa shape index (κ2) is 11.4. The number of ether oxygens (including phenoxy) is 3. The molecule has 0 unspecified atom stereocenters. The van der Waals surface area contributed by atoms with Crippen LogP contribution in [0.15, 0.2) is 66.7 Å². The number of anilines is 1. The quantitative estimate of drug-likeness (QED) is 0.415. The van der Waals surface area contributed by atoms with Crippen LogP contribution in [0.25, 0.3) is 0 Å². The third kappa shape index (κ3) is 6.37. The van der Waals surface area contributed by atoms with Crippen molar-refractivity contribution >= 4 is 23.0 Å². The van der Waals surface area contributed by atoms with Gasteiger partial charge in [-0.2, -0.15) is 0 Å². The first kappa shape index (κ1) is 23.4. The van der Waals surface area contributed by atoms with E-state index in [1.54, 1.807) is 14.2 Å². The Morgan fingerprint density at radius 2 is 1.44 bits per heavy atom. The van der Waals surface area contributed by atoms with E-state index in [0.717, 1.165) is 39.6 Å². The number of hydrogen-bond donors (Lipinski definition) is 1. The van der Waals surface area contributed by atoms with E-state index in [4.69, 9.17) is 26.4 Å². The molecule has 3 rings (SSSR count). The van der Waals surface area contributed by atoms with E-state index in [-0.39, 0.29) is 0 Å². The van der Waals surface area contributed by atoms with E-state index in [1.165, 1.54) is 0 Å². The Kier molecular flexibility index (Phi) is 8.34. The Bertz CT molecular complexity index is 1020. The standard InChI is InChI=1S/C26H30N2O3S/c1-5-31-23-13-9-21(10-14-23)18-28(17-20-7-11-22(29-3)12-8-20)26(32)27-24-15-6-19(2)16-25(24)30-4/h6-16H,5,17-18H2,1-4H3,(H,27,32). The number of thiocarbonyl (C=S) groups is 1. The van der Waals surface area contributed by atoms with Crippen molar-refractivity contribution in [2.24, 2.45) is 0 Å². The van der Waals surface area contributed by atoms with Crippen molar-refractivity contribution in [2.45, 2.75) is 26.9 Å². The van der Waals surface area contributed by atoms with Crippen LogP contribution in [0.5, 0.6) is 17.2 Å². The Morgan fingerprint density at radius 3 is 1.97 bits per heavy atom. The molecule has 0 aromatic heterocycles. The van der Waals surface area contributed by atoms with Crippen molar-refractivity contribution in [3.8, 4) is 17.2 Å². The summed E-state index contributed by atoms with van der Waals surface area (Å²) in [5.41, 5.74) is 4.25. The second-order valence-electron chi connectivity index (χ2n) is 7.41. The molecule has 0 amide bonds. The molecule has 0 aliphatic heterocycles. The molecular formula is C26H30N2O3S. The van der Waals surface area contributed by atoms with E-state index in [0.29, 0.717) is 24.8 Å². The van der Waals surface area contributed by atoms with Crippen molar-refractivity contribution in [1.29, 1.82) is 0 Å². The van der Waals surface area contributed by atoms with Crippen molar-refractivity contribution < 1.29 is 14.2 Å². The van der Waals surface area contributed by atoms with Gasteiger partial charge in [-0.15, -0.1) is 0 Å². The lowest BCUT2D eigenvalue weighted by Crippen LogP contribution is -2.34. The minimum absolute atomic E-state index is 0.622. The predicted octanol–water partition coefficient (Wildman–Crippen LogP) is 5.81. The molecule has 3 aromatic carbocycles. The SMILES string of the molecule is CCOc1ccc(CN(Cc2ccc(OC)cc2)C(=S)Nc2ccc(C)cc2OC)cc1. The zero-order chi connectivity index (χ0) is 22.9. The van der Waals surface area contributed by atoms with E-state index in [2.05, 4.69) is 34.5 Å². The lowest BCUT2D eigenvalue weighted by molar-refractivity contribution is 0.340. The maximum Gasteiger partial charge on any atom is 0.174 e. The Labute approximate surface area is 195 Å². The summed E-state index contributed by atoms with van der Waals surface area (Å²) < 4.78 is 16.4. The van der Waals surface area contributed by atoms with Crippen LogP contribution in [0.4, 0.5) is 5.69 Å². The van der Waals surface area contributed by atoms with Gasteiger partial charge in [-0.3, -0.25) is 0 Å². The number of rotatable bonds is 9. The maximum absolute atomic E-state index is 5.82. The summed E-state index contributed by atoms with van der Waals surface area (Å²) in [6.45, 7) is 5.96. The number of benzene rings is 3. The second-order valence-corrected chi connectivity index (χ2v) is 7.80. The molecular weight excluding hydrogens is 420 g/mol. The zero-order valence-electron chi connectivity index (χ0n) is 19.1. The number of hydrogen-bond acceptors (Lipinski definition) is 4. The van der Waals surface area contributed by atoms with Crippen molar-refractivity contribution in [3.63, 3.8) is 0 Å². The Hall–Kier alpha value is -3.25. The summed E-state index contributed by atoms with van der Waals surface area (Å²) in [6.07, 6.45) is 0. The normalized spacial score (nSPS) is 10.4. The molecule has 6 heteroatoms. The van der Waals surface area contributed by atoms with E-state index in [9.17, 15) is 0 Å². The largest absolute Gasteiger partial charge is 0.497 e. The van der Waals surface area contributed by atoms with Gasteiger partial charge in [-0.25, -0.2) is 0 Å². The first-order valence-electron chi connectivity index (χ1n) is 10.6. The van der Waals surface area contributed by atoms with E-state index >= 15 is 0 Å². The van der Waals surface area contributed by atoms with Crippen LogP contribution in [0, 0.1) is 6.92 Å². The third-order valence-corrected chi connectivity index (χ3v) is 5.39. The maximum atomic E-state index is 5.82. The number of aryl methyl sites for hydroxylation is 1. The molecule has 3 aromatic rings. The van der Waals surface area contributed by atoms with Gasteiger partial charge in [0.05, 0.1) is 26.5 Å². The minimum atomic E-state index is 0.622. The third-order valence-electron chi connectivity index (χ3n) is 5.03. The van der Waals surface area contributed by atoms with Crippen LogP contribution in [0.3, 0.4) is 0 Å². The van der Waals surface area contributed by atoms with Gasteiger partial charge in [0.25, 0.3) is 0 Å². The molecule has 1 N–H and O–H groups in total. The molecule has 0 saturated carbocycles. The highest BCUT2D eigenvalue weighted by atomic mass is 32.1. The first-order valence-corrected chi connectivity index (χ1v) is 11.0.